The molecule has 82 valence electrons. The van der Waals surface area contributed by atoms with Crippen LogP contribution in [0.4, 0.5) is 5.69 Å². The van der Waals surface area contributed by atoms with E-state index in [1.165, 1.54) is 0 Å². The minimum Gasteiger partial charge on any atom is -0.324 e. The fourth-order valence-electron chi connectivity index (χ4n) is 1.59. The molecule has 0 spiro atoms. The SMILES string of the molecule is CCc1cccc(CC)c1NC(=O)CN. The second-order valence-electron chi connectivity index (χ2n) is 3.41. The molecule has 3 heteroatoms. The van der Waals surface area contributed by atoms with Gasteiger partial charge < -0.3 is 11.1 Å². The van der Waals surface area contributed by atoms with Gasteiger partial charge in [-0.3, -0.25) is 4.79 Å². The third-order valence-electron chi connectivity index (χ3n) is 2.45. The van der Waals surface area contributed by atoms with Crippen LogP contribution in [0, 0.1) is 0 Å². The molecule has 1 amide bonds. The Kier molecular flexibility index (Phi) is 4.31. The summed E-state index contributed by atoms with van der Waals surface area (Å²) in [5, 5.41) is 2.87. The Balaban J connectivity index is 3.05. The fraction of sp³-hybridized carbons (Fsp3) is 0.417. The summed E-state index contributed by atoms with van der Waals surface area (Å²) < 4.78 is 0. The number of hydrogen-bond acceptors (Lipinski definition) is 2. The largest absolute Gasteiger partial charge is 0.324 e. The van der Waals surface area contributed by atoms with Crippen molar-refractivity contribution in [3.8, 4) is 0 Å². The van der Waals surface area contributed by atoms with Gasteiger partial charge in [0.1, 0.15) is 0 Å². The van der Waals surface area contributed by atoms with Crippen LogP contribution >= 0.6 is 0 Å². The van der Waals surface area contributed by atoms with E-state index in [2.05, 4.69) is 19.2 Å². The highest BCUT2D eigenvalue weighted by Gasteiger charge is 2.08. The summed E-state index contributed by atoms with van der Waals surface area (Å²) in [7, 11) is 0. The minimum atomic E-state index is -0.134. The number of carbonyl (C=O) groups is 1. The second-order valence-corrected chi connectivity index (χ2v) is 3.41. The van der Waals surface area contributed by atoms with E-state index in [0.717, 1.165) is 29.7 Å². The first-order valence-electron chi connectivity index (χ1n) is 5.33. The third-order valence-corrected chi connectivity index (χ3v) is 2.45. The van der Waals surface area contributed by atoms with E-state index in [9.17, 15) is 4.79 Å². The maximum absolute atomic E-state index is 11.3. The van der Waals surface area contributed by atoms with Gasteiger partial charge in [0.2, 0.25) is 5.91 Å². The molecule has 0 aliphatic heterocycles. The first kappa shape index (κ1) is 11.7. The third kappa shape index (κ3) is 2.80. The van der Waals surface area contributed by atoms with E-state index >= 15 is 0 Å². The molecule has 0 heterocycles. The second kappa shape index (κ2) is 5.51. The first-order chi connectivity index (χ1) is 7.22. The van der Waals surface area contributed by atoms with Gasteiger partial charge in [0.25, 0.3) is 0 Å². The standard InChI is InChI=1S/C12H18N2O/c1-3-9-6-5-7-10(4-2)12(9)14-11(15)8-13/h5-7H,3-4,8,13H2,1-2H3,(H,14,15). The van der Waals surface area contributed by atoms with Gasteiger partial charge in [0, 0.05) is 5.69 Å². The number of nitrogens with two attached hydrogens (primary N) is 1. The van der Waals surface area contributed by atoms with Crippen LogP contribution in [-0.2, 0) is 17.6 Å². The molecule has 3 nitrogen and oxygen atoms in total. The van der Waals surface area contributed by atoms with E-state index in [-0.39, 0.29) is 12.5 Å². The molecule has 1 rings (SSSR count). The zero-order valence-corrected chi connectivity index (χ0v) is 9.34. The quantitative estimate of drug-likeness (QED) is 0.788. The van der Waals surface area contributed by atoms with Gasteiger partial charge in [-0.2, -0.15) is 0 Å². The topological polar surface area (TPSA) is 55.1 Å². The number of carbonyl (C=O) groups excluding carboxylic acids is 1. The van der Waals surface area contributed by atoms with Crippen molar-refractivity contribution < 1.29 is 4.79 Å². The molecule has 0 saturated carbocycles. The average Bonchev–Trinajstić information content (AvgIpc) is 2.29. The van der Waals surface area contributed by atoms with Crippen LogP contribution < -0.4 is 11.1 Å². The monoisotopic (exact) mass is 206 g/mol. The van der Waals surface area contributed by atoms with Crippen LogP contribution in [0.25, 0.3) is 0 Å². The Labute approximate surface area is 90.7 Å². The Hall–Kier alpha value is -1.35. The molecule has 0 unspecified atom stereocenters. The number of rotatable bonds is 4. The molecule has 0 aliphatic rings. The normalized spacial score (nSPS) is 10.1. The Morgan fingerprint density at radius 3 is 2.20 bits per heavy atom. The molecule has 15 heavy (non-hydrogen) atoms. The maximum atomic E-state index is 11.3. The molecule has 1 aromatic carbocycles. The average molecular weight is 206 g/mol. The van der Waals surface area contributed by atoms with E-state index < -0.39 is 0 Å². The molecular weight excluding hydrogens is 188 g/mol. The predicted octanol–water partition coefficient (Wildman–Crippen LogP) is 1.71. The fourth-order valence-corrected chi connectivity index (χ4v) is 1.59. The van der Waals surface area contributed by atoms with Crippen LogP contribution in [0.1, 0.15) is 25.0 Å². The number of amides is 1. The number of anilines is 1. The van der Waals surface area contributed by atoms with Crippen molar-refractivity contribution in [1.82, 2.24) is 0 Å². The molecule has 0 fully saturated rings. The van der Waals surface area contributed by atoms with Gasteiger partial charge in [-0.05, 0) is 24.0 Å². The summed E-state index contributed by atoms with van der Waals surface area (Å²) in [5.41, 5.74) is 8.56. The molecule has 1 aromatic rings. The zero-order chi connectivity index (χ0) is 11.3. The molecular formula is C12H18N2O. The number of nitrogens with one attached hydrogen (secondary N) is 1. The number of benzene rings is 1. The van der Waals surface area contributed by atoms with Crippen molar-refractivity contribution in [3.05, 3.63) is 29.3 Å². The lowest BCUT2D eigenvalue weighted by Gasteiger charge is -2.13. The van der Waals surface area contributed by atoms with Gasteiger partial charge >= 0.3 is 0 Å². The van der Waals surface area contributed by atoms with Crippen LogP contribution in [0.5, 0.6) is 0 Å². The van der Waals surface area contributed by atoms with Gasteiger partial charge in [0.05, 0.1) is 6.54 Å². The highest BCUT2D eigenvalue weighted by molar-refractivity contribution is 5.93. The maximum Gasteiger partial charge on any atom is 0.238 e. The molecule has 0 bridgehead atoms. The van der Waals surface area contributed by atoms with Crippen molar-refractivity contribution in [2.24, 2.45) is 5.73 Å². The summed E-state index contributed by atoms with van der Waals surface area (Å²) in [5.74, 6) is -0.134. The first-order valence-corrected chi connectivity index (χ1v) is 5.33. The summed E-state index contributed by atoms with van der Waals surface area (Å²) in [6.45, 7) is 4.18. The summed E-state index contributed by atoms with van der Waals surface area (Å²) in [6, 6.07) is 6.09. The van der Waals surface area contributed by atoms with Gasteiger partial charge in [-0.25, -0.2) is 0 Å². The van der Waals surface area contributed by atoms with Crippen molar-refractivity contribution in [1.29, 1.82) is 0 Å². The molecule has 0 radical (unpaired) electrons. The zero-order valence-electron chi connectivity index (χ0n) is 9.34. The lowest BCUT2D eigenvalue weighted by atomic mass is 10.0. The van der Waals surface area contributed by atoms with Crippen LogP contribution in [0.15, 0.2) is 18.2 Å². The Morgan fingerprint density at radius 1 is 1.27 bits per heavy atom. The lowest BCUT2D eigenvalue weighted by molar-refractivity contribution is -0.114. The number of aryl methyl sites for hydroxylation is 2. The van der Waals surface area contributed by atoms with Gasteiger partial charge in [-0.15, -0.1) is 0 Å². The Morgan fingerprint density at radius 2 is 1.80 bits per heavy atom. The van der Waals surface area contributed by atoms with Crippen LogP contribution in [-0.4, -0.2) is 12.5 Å². The number of hydrogen-bond donors (Lipinski definition) is 2. The highest BCUT2D eigenvalue weighted by atomic mass is 16.1. The van der Waals surface area contributed by atoms with E-state index in [1.54, 1.807) is 0 Å². The number of para-hydroxylation sites is 1. The molecule has 0 aliphatic carbocycles. The molecule has 0 saturated heterocycles. The highest BCUT2D eigenvalue weighted by Crippen LogP contribution is 2.22. The van der Waals surface area contributed by atoms with Crippen molar-refractivity contribution in [2.45, 2.75) is 26.7 Å². The predicted molar refractivity (Wildman–Crippen MR) is 62.9 cm³/mol. The smallest absolute Gasteiger partial charge is 0.238 e. The van der Waals surface area contributed by atoms with Crippen molar-refractivity contribution in [2.75, 3.05) is 11.9 Å². The molecule has 3 N–H and O–H groups in total. The summed E-state index contributed by atoms with van der Waals surface area (Å²) in [6.07, 6.45) is 1.82. The lowest BCUT2D eigenvalue weighted by Crippen LogP contribution is -2.23. The molecule has 0 aromatic heterocycles. The van der Waals surface area contributed by atoms with Gasteiger partial charge in [0.15, 0.2) is 0 Å². The van der Waals surface area contributed by atoms with Gasteiger partial charge in [-0.1, -0.05) is 32.0 Å². The minimum absolute atomic E-state index is 0.0290. The molecule has 0 atom stereocenters. The summed E-state index contributed by atoms with van der Waals surface area (Å²) in [4.78, 5) is 11.3. The van der Waals surface area contributed by atoms with E-state index in [4.69, 9.17) is 5.73 Å². The Bertz CT molecular complexity index is 325. The van der Waals surface area contributed by atoms with E-state index in [1.807, 2.05) is 18.2 Å². The van der Waals surface area contributed by atoms with Crippen molar-refractivity contribution >= 4 is 11.6 Å². The van der Waals surface area contributed by atoms with Crippen LogP contribution in [0.3, 0.4) is 0 Å². The van der Waals surface area contributed by atoms with Crippen LogP contribution in [0.2, 0.25) is 0 Å². The van der Waals surface area contributed by atoms with Crippen molar-refractivity contribution in [3.63, 3.8) is 0 Å². The summed E-state index contributed by atoms with van der Waals surface area (Å²) >= 11 is 0. The van der Waals surface area contributed by atoms with E-state index in [0.29, 0.717) is 0 Å².